The van der Waals surface area contributed by atoms with E-state index in [1.165, 1.54) is 13.2 Å². The lowest BCUT2D eigenvalue weighted by molar-refractivity contribution is -0.121. The minimum absolute atomic E-state index is 0.117. The Morgan fingerprint density at radius 2 is 2.20 bits per heavy atom. The highest BCUT2D eigenvalue weighted by Crippen LogP contribution is 2.24. The van der Waals surface area contributed by atoms with E-state index in [0.717, 1.165) is 19.4 Å². The minimum atomic E-state index is -0.564. The quantitative estimate of drug-likeness (QED) is 0.839. The number of rotatable bonds is 3. The number of nitrogens with one attached hydrogen (secondary N) is 2. The second kappa shape index (κ2) is 5.81. The molecular weight excluding hydrogens is 280 g/mol. The molecule has 0 bridgehead atoms. The first-order chi connectivity index (χ1) is 9.46. The van der Waals surface area contributed by atoms with Crippen LogP contribution in [0.4, 0.5) is 5.69 Å². The summed E-state index contributed by atoms with van der Waals surface area (Å²) in [7, 11) is 1.29. The summed E-state index contributed by atoms with van der Waals surface area (Å²) in [6.45, 7) is 2.70. The average Bonchev–Trinajstić information content (AvgIpc) is 2.88. The zero-order chi connectivity index (χ0) is 14.8. The summed E-state index contributed by atoms with van der Waals surface area (Å²) < 4.78 is 4.65. The van der Waals surface area contributed by atoms with E-state index < -0.39 is 11.5 Å². The Bertz CT molecular complexity index is 539. The number of anilines is 1. The topological polar surface area (TPSA) is 67.4 Å². The molecule has 1 aliphatic rings. The van der Waals surface area contributed by atoms with Crippen LogP contribution in [0.5, 0.6) is 0 Å². The van der Waals surface area contributed by atoms with Crippen LogP contribution in [0.15, 0.2) is 18.2 Å². The maximum absolute atomic E-state index is 12.2. The smallest absolute Gasteiger partial charge is 0.339 e. The van der Waals surface area contributed by atoms with Gasteiger partial charge in [0.2, 0.25) is 5.91 Å². The monoisotopic (exact) mass is 296 g/mol. The van der Waals surface area contributed by atoms with Gasteiger partial charge in [0.25, 0.3) is 0 Å². The van der Waals surface area contributed by atoms with Gasteiger partial charge < -0.3 is 15.4 Å². The molecule has 0 aromatic heterocycles. The SMILES string of the molecule is COC(=O)c1cc(NC(=O)C2(C)CCCN2)ccc1Cl. The molecule has 1 saturated heterocycles. The standard InChI is InChI=1S/C14H17ClN2O3/c1-14(6-3-7-16-14)13(19)17-9-4-5-11(15)10(8-9)12(18)20-2/h4-5,8,16H,3,6-7H2,1-2H3,(H,17,19). The summed E-state index contributed by atoms with van der Waals surface area (Å²) in [5, 5.41) is 6.28. The number of methoxy groups -OCH3 is 1. The third-order valence-electron chi connectivity index (χ3n) is 3.50. The fraction of sp³-hybridized carbons (Fsp3) is 0.429. The van der Waals surface area contributed by atoms with Crippen LogP contribution in [0.25, 0.3) is 0 Å². The van der Waals surface area contributed by atoms with E-state index in [-0.39, 0.29) is 11.5 Å². The molecule has 5 nitrogen and oxygen atoms in total. The van der Waals surface area contributed by atoms with Crippen LogP contribution in [-0.2, 0) is 9.53 Å². The summed E-state index contributed by atoms with van der Waals surface area (Å²) in [6.07, 6.45) is 1.76. The van der Waals surface area contributed by atoms with Crippen LogP contribution < -0.4 is 10.6 Å². The Morgan fingerprint density at radius 1 is 1.45 bits per heavy atom. The first-order valence-corrected chi connectivity index (χ1v) is 6.78. The zero-order valence-corrected chi connectivity index (χ0v) is 12.2. The summed E-state index contributed by atoms with van der Waals surface area (Å²) in [4.78, 5) is 23.8. The Balaban J connectivity index is 2.17. The number of carbonyl (C=O) groups is 2. The molecule has 1 heterocycles. The Hall–Kier alpha value is -1.59. The molecule has 1 aliphatic heterocycles. The van der Waals surface area contributed by atoms with Crippen molar-refractivity contribution in [3.8, 4) is 0 Å². The number of esters is 1. The van der Waals surface area contributed by atoms with Crippen LogP contribution in [0, 0.1) is 0 Å². The lowest BCUT2D eigenvalue weighted by Crippen LogP contribution is -2.47. The van der Waals surface area contributed by atoms with Gasteiger partial charge in [0.1, 0.15) is 0 Å². The highest BCUT2D eigenvalue weighted by molar-refractivity contribution is 6.33. The molecule has 0 aliphatic carbocycles. The highest BCUT2D eigenvalue weighted by atomic mass is 35.5. The van der Waals surface area contributed by atoms with Crippen molar-refractivity contribution in [2.24, 2.45) is 0 Å². The number of carbonyl (C=O) groups excluding carboxylic acids is 2. The molecule has 20 heavy (non-hydrogen) atoms. The summed E-state index contributed by atoms with van der Waals surface area (Å²) in [5.74, 6) is -0.649. The fourth-order valence-corrected chi connectivity index (χ4v) is 2.42. The van der Waals surface area contributed by atoms with Gasteiger partial charge in [-0.1, -0.05) is 11.6 Å². The maximum atomic E-state index is 12.2. The van der Waals surface area contributed by atoms with Crippen molar-refractivity contribution >= 4 is 29.2 Å². The van der Waals surface area contributed by atoms with Gasteiger partial charge in [0.05, 0.1) is 23.2 Å². The second-order valence-electron chi connectivity index (χ2n) is 5.00. The molecule has 0 spiro atoms. The van der Waals surface area contributed by atoms with Gasteiger partial charge in [0, 0.05) is 5.69 Å². The van der Waals surface area contributed by atoms with Gasteiger partial charge in [-0.3, -0.25) is 4.79 Å². The van der Waals surface area contributed by atoms with Crippen molar-refractivity contribution in [1.82, 2.24) is 5.32 Å². The van der Waals surface area contributed by atoms with Crippen molar-refractivity contribution in [1.29, 1.82) is 0 Å². The summed E-state index contributed by atoms with van der Waals surface area (Å²) in [5.41, 5.74) is 0.191. The average molecular weight is 297 g/mol. The first kappa shape index (κ1) is 14.8. The molecule has 2 N–H and O–H groups in total. The van der Waals surface area contributed by atoms with Gasteiger partial charge >= 0.3 is 5.97 Å². The minimum Gasteiger partial charge on any atom is -0.465 e. The van der Waals surface area contributed by atoms with E-state index in [4.69, 9.17) is 11.6 Å². The second-order valence-corrected chi connectivity index (χ2v) is 5.41. The summed E-state index contributed by atoms with van der Waals surface area (Å²) >= 11 is 5.93. The summed E-state index contributed by atoms with van der Waals surface area (Å²) in [6, 6.07) is 4.74. The number of hydrogen-bond donors (Lipinski definition) is 2. The highest BCUT2D eigenvalue weighted by Gasteiger charge is 2.35. The third-order valence-corrected chi connectivity index (χ3v) is 3.83. The molecule has 0 radical (unpaired) electrons. The number of ether oxygens (including phenoxy) is 1. The van der Waals surface area contributed by atoms with Gasteiger partial charge in [-0.15, -0.1) is 0 Å². The molecule has 2 rings (SSSR count). The molecule has 108 valence electrons. The number of halogens is 1. The third kappa shape index (κ3) is 2.94. The molecule has 1 atom stereocenters. The Labute approximate surface area is 122 Å². The largest absolute Gasteiger partial charge is 0.465 e. The molecule has 1 unspecified atom stereocenters. The van der Waals surface area contributed by atoms with Crippen LogP contribution in [0.3, 0.4) is 0 Å². The number of benzene rings is 1. The molecule has 0 saturated carbocycles. The van der Waals surface area contributed by atoms with E-state index in [9.17, 15) is 9.59 Å². The van der Waals surface area contributed by atoms with E-state index >= 15 is 0 Å². The zero-order valence-electron chi connectivity index (χ0n) is 11.5. The molecule has 6 heteroatoms. The van der Waals surface area contributed by atoms with Crippen molar-refractivity contribution in [2.45, 2.75) is 25.3 Å². The van der Waals surface area contributed by atoms with Gasteiger partial charge in [-0.05, 0) is 44.5 Å². The van der Waals surface area contributed by atoms with Crippen molar-refractivity contribution in [3.63, 3.8) is 0 Å². The maximum Gasteiger partial charge on any atom is 0.339 e. The first-order valence-electron chi connectivity index (χ1n) is 6.40. The molecular formula is C14H17ClN2O3. The number of amides is 1. The van der Waals surface area contributed by atoms with Crippen LogP contribution in [0.1, 0.15) is 30.1 Å². The lowest BCUT2D eigenvalue weighted by Gasteiger charge is -2.23. The van der Waals surface area contributed by atoms with Crippen LogP contribution in [0.2, 0.25) is 5.02 Å². The van der Waals surface area contributed by atoms with E-state index in [1.807, 2.05) is 6.92 Å². The van der Waals surface area contributed by atoms with Gasteiger partial charge in [0.15, 0.2) is 0 Å². The predicted molar refractivity (Wildman–Crippen MR) is 77.1 cm³/mol. The normalized spacial score (nSPS) is 21.6. The molecule has 1 amide bonds. The van der Waals surface area contributed by atoms with Gasteiger partial charge in [-0.25, -0.2) is 4.79 Å². The van der Waals surface area contributed by atoms with Crippen LogP contribution >= 0.6 is 11.6 Å². The van der Waals surface area contributed by atoms with E-state index in [1.54, 1.807) is 12.1 Å². The van der Waals surface area contributed by atoms with Gasteiger partial charge in [-0.2, -0.15) is 0 Å². The van der Waals surface area contributed by atoms with E-state index in [2.05, 4.69) is 15.4 Å². The Morgan fingerprint density at radius 3 is 2.80 bits per heavy atom. The number of hydrogen-bond acceptors (Lipinski definition) is 4. The molecule has 1 aromatic rings. The van der Waals surface area contributed by atoms with E-state index in [0.29, 0.717) is 10.7 Å². The van der Waals surface area contributed by atoms with Crippen molar-refractivity contribution < 1.29 is 14.3 Å². The predicted octanol–water partition coefficient (Wildman–Crippen LogP) is 2.21. The molecule has 1 fully saturated rings. The van der Waals surface area contributed by atoms with Crippen molar-refractivity contribution in [2.75, 3.05) is 19.0 Å². The molecule has 1 aromatic carbocycles. The lowest BCUT2D eigenvalue weighted by atomic mass is 9.99. The fourth-order valence-electron chi connectivity index (χ4n) is 2.23. The van der Waals surface area contributed by atoms with Crippen molar-refractivity contribution in [3.05, 3.63) is 28.8 Å². The Kier molecular flexibility index (Phi) is 4.30. The van der Waals surface area contributed by atoms with Crippen LogP contribution in [-0.4, -0.2) is 31.1 Å².